The molecule has 1 fully saturated rings. The van der Waals surface area contributed by atoms with Crippen LogP contribution < -0.4 is 15.8 Å². The Morgan fingerprint density at radius 3 is 3.00 bits per heavy atom. The maximum atomic E-state index is 13.1. The molecule has 1 saturated heterocycles. The highest BCUT2D eigenvalue weighted by molar-refractivity contribution is 5.94. The third kappa shape index (κ3) is 4.56. The lowest BCUT2D eigenvalue weighted by Gasteiger charge is -2.33. The second kappa shape index (κ2) is 9.51. The number of hydrogen-bond donors (Lipinski definition) is 2. The average Bonchev–Trinajstić information content (AvgIpc) is 3.37. The summed E-state index contributed by atoms with van der Waals surface area (Å²) in [6.45, 7) is 5.72. The summed E-state index contributed by atoms with van der Waals surface area (Å²) in [7, 11) is 1.84. The molecule has 2 aromatic heterocycles. The Labute approximate surface area is 186 Å². The minimum absolute atomic E-state index is 0.0216. The van der Waals surface area contributed by atoms with Crippen LogP contribution >= 0.6 is 0 Å². The highest BCUT2D eigenvalue weighted by Gasteiger charge is 2.26. The first-order chi connectivity index (χ1) is 15.6. The number of piperidine rings is 1. The molecule has 166 valence electrons. The molecule has 3 N–H and O–H groups in total. The molecule has 3 aromatic rings. The topological polar surface area (TPSA) is 111 Å². The predicted octanol–water partition coefficient (Wildman–Crippen LogP) is 2.56. The van der Waals surface area contributed by atoms with Crippen LogP contribution in [0.4, 0.5) is 5.69 Å². The first kappa shape index (κ1) is 21.4. The molecule has 0 aliphatic carbocycles. The predicted molar refractivity (Wildman–Crippen MR) is 122 cm³/mol. The lowest BCUT2D eigenvalue weighted by Crippen LogP contribution is -2.41. The molecule has 1 aromatic carbocycles. The standard InChI is InChI=1S/C23H27N7O2/c1-16(24)22-19(25-2)6-3-7-20(22)32-13-17-5-4-10-29(12-17)23(31)18-8-9-27-21(11-18)30-15-26-14-28-30/h3,6-9,11,14-15,17,25H,1,4-5,10,12-13,24H2,2H3. The molecular formula is C23H27N7O2. The van der Waals surface area contributed by atoms with Gasteiger partial charge in [0.1, 0.15) is 18.4 Å². The third-order valence-electron chi connectivity index (χ3n) is 5.54. The van der Waals surface area contributed by atoms with Crippen molar-refractivity contribution < 1.29 is 9.53 Å². The van der Waals surface area contributed by atoms with Crippen molar-refractivity contribution in [2.45, 2.75) is 12.8 Å². The van der Waals surface area contributed by atoms with Crippen molar-refractivity contribution >= 4 is 17.3 Å². The van der Waals surface area contributed by atoms with Gasteiger partial charge in [-0.05, 0) is 37.1 Å². The Kier molecular flexibility index (Phi) is 6.34. The van der Waals surface area contributed by atoms with E-state index in [0.29, 0.717) is 36.0 Å². The van der Waals surface area contributed by atoms with Gasteiger partial charge >= 0.3 is 0 Å². The lowest BCUT2D eigenvalue weighted by molar-refractivity contribution is 0.0633. The van der Waals surface area contributed by atoms with E-state index in [1.807, 2.05) is 30.1 Å². The monoisotopic (exact) mass is 433 g/mol. The normalized spacial score (nSPS) is 15.9. The van der Waals surface area contributed by atoms with Gasteiger partial charge in [-0.1, -0.05) is 12.6 Å². The molecule has 4 rings (SSSR count). The maximum absolute atomic E-state index is 13.1. The average molecular weight is 434 g/mol. The van der Waals surface area contributed by atoms with E-state index in [-0.39, 0.29) is 11.8 Å². The van der Waals surface area contributed by atoms with E-state index in [1.165, 1.54) is 11.0 Å². The number of hydrogen-bond acceptors (Lipinski definition) is 7. The number of amides is 1. The van der Waals surface area contributed by atoms with Crippen LogP contribution in [0.1, 0.15) is 28.8 Å². The summed E-state index contributed by atoms with van der Waals surface area (Å²) in [6.07, 6.45) is 6.52. The van der Waals surface area contributed by atoms with E-state index >= 15 is 0 Å². The van der Waals surface area contributed by atoms with Crippen LogP contribution in [0.3, 0.4) is 0 Å². The van der Waals surface area contributed by atoms with Gasteiger partial charge in [0.05, 0.1) is 12.2 Å². The summed E-state index contributed by atoms with van der Waals surface area (Å²) < 4.78 is 7.67. The van der Waals surface area contributed by atoms with Crippen LogP contribution in [-0.2, 0) is 0 Å². The molecule has 1 aliphatic rings. The Bertz CT molecular complexity index is 1100. The zero-order valence-electron chi connectivity index (χ0n) is 18.1. The van der Waals surface area contributed by atoms with Crippen molar-refractivity contribution in [3.05, 3.63) is 66.9 Å². The Balaban J connectivity index is 1.43. The summed E-state index contributed by atoms with van der Waals surface area (Å²) in [6, 6.07) is 9.21. The maximum Gasteiger partial charge on any atom is 0.254 e. The van der Waals surface area contributed by atoms with Crippen LogP contribution in [0.2, 0.25) is 0 Å². The van der Waals surface area contributed by atoms with Crippen LogP contribution in [0.25, 0.3) is 11.5 Å². The number of carbonyl (C=O) groups is 1. The highest BCUT2D eigenvalue weighted by Crippen LogP contribution is 2.31. The third-order valence-corrected chi connectivity index (χ3v) is 5.54. The molecule has 1 atom stereocenters. The number of pyridine rings is 1. The van der Waals surface area contributed by atoms with Gasteiger partial charge in [0.2, 0.25) is 0 Å². The van der Waals surface area contributed by atoms with Gasteiger partial charge in [-0.2, -0.15) is 5.10 Å². The summed E-state index contributed by atoms with van der Waals surface area (Å²) in [5, 5.41) is 7.20. The number of rotatable bonds is 7. The molecule has 0 spiro atoms. The Morgan fingerprint density at radius 1 is 1.38 bits per heavy atom. The first-order valence-corrected chi connectivity index (χ1v) is 10.6. The second-order valence-electron chi connectivity index (χ2n) is 7.77. The summed E-state index contributed by atoms with van der Waals surface area (Å²) in [5.74, 6) is 1.46. The fourth-order valence-corrected chi connectivity index (χ4v) is 3.97. The number of anilines is 1. The van der Waals surface area contributed by atoms with Gasteiger partial charge in [0, 0.05) is 49.2 Å². The molecule has 0 saturated carbocycles. The fraction of sp³-hybridized carbons (Fsp3) is 0.304. The minimum Gasteiger partial charge on any atom is -0.492 e. The van der Waals surface area contributed by atoms with Crippen LogP contribution in [-0.4, -0.2) is 57.3 Å². The number of benzene rings is 1. The Hall–Kier alpha value is -3.88. The van der Waals surface area contributed by atoms with Crippen LogP contribution in [0.5, 0.6) is 5.75 Å². The number of nitrogens with two attached hydrogens (primary N) is 1. The van der Waals surface area contributed by atoms with E-state index < -0.39 is 0 Å². The quantitative estimate of drug-likeness (QED) is 0.589. The fourth-order valence-electron chi connectivity index (χ4n) is 3.97. The Morgan fingerprint density at radius 2 is 2.25 bits per heavy atom. The second-order valence-corrected chi connectivity index (χ2v) is 7.77. The number of aromatic nitrogens is 4. The highest BCUT2D eigenvalue weighted by atomic mass is 16.5. The molecule has 1 amide bonds. The first-order valence-electron chi connectivity index (χ1n) is 10.6. The molecular weight excluding hydrogens is 406 g/mol. The van der Waals surface area contributed by atoms with E-state index in [0.717, 1.165) is 30.6 Å². The number of nitrogens with zero attached hydrogens (tertiary/aromatic N) is 5. The van der Waals surface area contributed by atoms with Crippen molar-refractivity contribution in [1.82, 2.24) is 24.6 Å². The largest absolute Gasteiger partial charge is 0.492 e. The van der Waals surface area contributed by atoms with Crippen molar-refractivity contribution in [2.24, 2.45) is 11.7 Å². The molecule has 3 heterocycles. The molecule has 32 heavy (non-hydrogen) atoms. The lowest BCUT2D eigenvalue weighted by atomic mass is 9.98. The van der Waals surface area contributed by atoms with E-state index in [2.05, 4.69) is 27.0 Å². The molecule has 9 heteroatoms. The minimum atomic E-state index is -0.0216. The number of nitrogens with one attached hydrogen (secondary N) is 1. The van der Waals surface area contributed by atoms with Crippen molar-refractivity contribution in [1.29, 1.82) is 0 Å². The van der Waals surface area contributed by atoms with E-state index in [1.54, 1.807) is 24.7 Å². The van der Waals surface area contributed by atoms with Gasteiger partial charge in [-0.3, -0.25) is 4.79 Å². The summed E-state index contributed by atoms with van der Waals surface area (Å²) in [5.41, 5.74) is 8.67. The molecule has 9 nitrogen and oxygen atoms in total. The van der Waals surface area contributed by atoms with Crippen molar-refractivity contribution in [2.75, 3.05) is 32.1 Å². The van der Waals surface area contributed by atoms with Gasteiger partial charge in [-0.25, -0.2) is 14.6 Å². The van der Waals surface area contributed by atoms with Crippen LogP contribution in [0.15, 0.2) is 55.8 Å². The zero-order valence-corrected chi connectivity index (χ0v) is 18.1. The van der Waals surface area contributed by atoms with E-state index in [9.17, 15) is 4.79 Å². The van der Waals surface area contributed by atoms with Gasteiger partial charge in [0.25, 0.3) is 5.91 Å². The molecule has 0 bridgehead atoms. The van der Waals surface area contributed by atoms with E-state index in [4.69, 9.17) is 10.5 Å². The summed E-state index contributed by atoms with van der Waals surface area (Å²) in [4.78, 5) is 23.2. The SMILES string of the molecule is C=C(N)c1c(NC)cccc1OCC1CCCN(C(=O)c2ccnc(-n3cncn3)c2)C1. The van der Waals surface area contributed by atoms with Gasteiger partial charge < -0.3 is 20.7 Å². The number of likely N-dealkylation sites (tertiary alicyclic amines) is 1. The number of ether oxygens (including phenoxy) is 1. The van der Waals surface area contributed by atoms with Gasteiger partial charge in [-0.15, -0.1) is 0 Å². The molecule has 1 unspecified atom stereocenters. The number of carbonyl (C=O) groups excluding carboxylic acids is 1. The van der Waals surface area contributed by atoms with Crippen molar-refractivity contribution in [3.63, 3.8) is 0 Å². The van der Waals surface area contributed by atoms with Gasteiger partial charge in [0.15, 0.2) is 5.82 Å². The van der Waals surface area contributed by atoms with Crippen molar-refractivity contribution in [3.8, 4) is 11.6 Å². The van der Waals surface area contributed by atoms with Crippen LogP contribution in [0, 0.1) is 5.92 Å². The molecule has 0 radical (unpaired) electrons. The summed E-state index contributed by atoms with van der Waals surface area (Å²) >= 11 is 0. The zero-order chi connectivity index (χ0) is 22.5. The molecule has 1 aliphatic heterocycles. The smallest absolute Gasteiger partial charge is 0.254 e.